The Balaban J connectivity index is 1.62. The molecule has 0 bridgehead atoms. The van der Waals surface area contributed by atoms with Crippen LogP contribution >= 0.6 is 11.3 Å². The monoisotopic (exact) mass is 487 g/mol. The highest BCUT2D eigenvalue weighted by atomic mass is 32.2. The number of hydrogen-bond acceptors (Lipinski definition) is 8. The van der Waals surface area contributed by atoms with Crippen LogP contribution in [0.2, 0.25) is 0 Å². The molecule has 1 saturated heterocycles. The molecule has 10 nitrogen and oxygen atoms in total. The number of aryl methyl sites for hydroxylation is 2. The fourth-order valence-electron chi connectivity index (χ4n) is 3.18. The van der Waals surface area contributed by atoms with Gasteiger partial charge in [-0.2, -0.15) is 4.31 Å². The van der Waals surface area contributed by atoms with Crippen LogP contribution in [0.15, 0.2) is 34.1 Å². The van der Waals surface area contributed by atoms with E-state index in [0.29, 0.717) is 18.2 Å². The number of aromatic nitrogens is 1. The van der Waals surface area contributed by atoms with Gasteiger partial charge in [0.25, 0.3) is 0 Å². The summed E-state index contributed by atoms with van der Waals surface area (Å²) in [5, 5.41) is 8.43. The normalized spacial score (nSPS) is 17.4. The number of nitrogens with zero attached hydrogens (tertiary/aromatic N) is 3. The van der Waals surface area contributed by atoms with Gasteiger partial charge in [0.2, 0.25) is 26.0 Å². The van der Waals surface area contributed by atoms with Crippen molar-refractivity contribution in [1.29, 1.82) is 0 Å². The van der Waals surface area contributed by atoms with Gasteiger partial charge in [0.15, 0.2) is 5.13 Å². The number of thiazole rings is 1. The highest BCUT2D eigenvalue weighted by Crippen LogP contribution is 2.23. The van der Waals surface area contributed by atoms with Gasteiger partial charge >= 0.3 is 0 Å². The first-order valence-corrected chi connectivity index (χ1v) is 13.3. The van der Waals surface area contributed by atoms with Crippen LogP contribution in [-0.4, -0.2) is 69.2 Å². The van der Waals surface area contributed by atoms with Crippen molar-refractivity contribution in [2.24, 2.45) is 5.14 Å². The Morgan fingerprint density at radius 3 is 2.10 bits per heavy atom. The number of anilines is 1. The third kappa shape index (κ3) is 5.30. The molecule has 0 aliphatic carbocycles. The highest BCUT2D eigenvalue weighted by Gasteiger charge is 2.32. The zero-order valence-electron chi connectivity index (χ0n) is 17.4. The van der Waals surface area contributed by atoms with Crippen molar-refractivity contribution in [2.45, 2.75) is 36.6 Å². The summed E-state index contributed by atoms with van der Waals surface area (Å²) >= 11 is 1.42. The number of primary sulfonamides is 1. The Hall–Kier alpha value is -1.90. The van der Waals surface area contributed by atoms with Gasteiger partial charge < -0.3 is 5.32 Å². The molecule has 170 valence electrons. The van der Waals surface area contributed by atoms with E-state index in [-0.39, 0.29) is 28.8 Å². The molecule has 2 heterocycles. The van der Waals surface area contributed by atoms with Crippen LogP contribution in [0.5, 0.6) is 0 Å². The summed E-state index contributed by atoms with van der Waals surface area (Å²) in [7, 11) is -7.68. The van der Waals surface area contributed by atoms with Crippen LogP contribution in [0.1, 0.15) is 17.5 Å². The lowest BCUT2D eigenvalue weighted by Gasteiger charge is -2.36. The van der Waals surface area contributed by atoms with Crippen LogP contribution < -0.4 is 10.5 Å². The molecule has 1 aromatic heterocycles. The lowest BCUT2D eigenvalue weighted by Crippen LogP contribution is -2.53. The second-order valence-electron chi connectivity index (χ2n) is 7.28. The number of sulfonamides is 2. The van der Waals surface area contributed by atoms with Crippen molar-refractivity contribution in [2.75, 3.05) is 31.5 Å². The number of rotatable bonds is 6. The second kappa shape index (κ2) is 8.92. The number of hydrogen-bond donors (Lipinski definition) is 2. The maximum atomic E-state index is 12.9. The first-order valence-electron chi connectivity index (χ1n) is 9.51. The standard InChI is InChI=1S/C18H25N5O5S3/c1-12-14(3)29-18(20-12)21-17(24)13(2)22-8-10-23(11-9-22)31(27,28)16-6-4-15(5-7-16)30(19,25)26/h4-7,13H,8-11H2,1-3H3,(H2,19,25,26)(H,20,21,24). The van der Waals surface area contributed by atoms with E-state index >= 15 is 0 Å². The van der Waals surface area contributed by atoms with Gasteiger partial charge in [-0.1, -0.05) is 0 Å². The van der Waals surface area contributed by atoms with Crippen LogP contribution in [0, 0.1) is 13.8 Å². The van der Waals surface area contributed by atoms with E-state index in [1.54, 1.807) is 6.92 Å². The average molecular weight is 488 g/mol. The summed E-state index contributed by atoms with van der Waals surface area (Å²) in [5.41, 5.74) is 0.879. The number of amides is 1. The molecule has 31 heavy (non-hydrogen) atoms. The third-order valence-corrected chi connectivity index (χ3v) is 9.08. The Kier molecular flexibility index (Phi) is 6.84. The third-order valence-electron chi connectivity index (χ3n) is 5.25. The SMILES string of the molecule is Cc1nc(NC(=O)C(C)N2CCN(S(=O)(=O)c3ccc(S(N)(=O)=O)cc3)CC2)sc1C. The molecule has 0 saturated carbocycles. The Morgan fingerprint density at radius 1 is 1.06 bits per heavy atom. The van der Waals surface area contributed by atoms with Crippen molar-refractivity contribution in [3.8, 4) is 0 Å². The smallest absolute Gasteiger partial charge is 0.243 e. The molecule has 1 unspecified atom stereocenters. The van der Waals surface area contributed by atoms with E-state index in [1.165, 1.54) is 39.9 Å². The van der Waals surface area contributed by atoms with Crippen molar-refractivity contribution in [3.05, 3.63) is 34.8 Å². The van der Waals surface area contributed by atoms with Crippen molar-refractivity contribution in [1.82, 2.24) is 14.2 Å². The molecule has 1 aliphatic heterocycles. The Bertz CT molecular complexity index is 1150. The van der Waals surface area contributed by atoms with Gasteiger partial charge in [-0.15, -0.1) is 11.3 Å². The van der Waals surface area contributed by atoms with Crippen molar-refractivity contribution >= 4 is 42.4 Å². The maximum Gasteiger partial charge on any atom is 0.243 e. The number of carbonyl (C=O) groups is 1. The highest BCUT2D eigenvalue weighted by molar-refractivity contribution is 7.89. The number of benzene rings is 1. The minimum Gasteiger partial charge on any atom is -0.301 e. The minimum absolute atomic E-state index is 0.00588. The largest absolute Gasteiger partial charge is 0.301 e. The fourth-order valence-corrected chi connectivity index (χ4v) is 5.94. The molecule has 2 aromatic rings. The number of nitrogens with two attached hydrogens (primary N) is 1. The molecule has 3 rings (SSSR count). The summed E-state index contributed by atoms with van der Waals surface area (Å²) in [6, 6.07) is 4.37. The van der Waals surface area contributed by atoms with E-state index in [9.17, 15) is 21.6 Å². The van der Waals surface area contributed by atoms with Crippen LogP contribution in [0.4, 0.5) is 5.13 Å². The molecular formula is C18H25N5O5S3. The lowest BCUT2D eigenvalue weighted by molar-refractivity contribution is -0.121. The molecule has 0 spiro atoms. The minimum atomic E-state index is -3.90. The van der Waals surface area contributed by atoms with Crippen LogP contribution in [0.25, 0.3) is 0 Å². The molecule has 3 N–H and O–H groups in total. The van der Waals surface area contributed by atoms with Gasteiger partial charge in [0, 0.05) is 31.1 Å². The lowest BCUT2D eigenvalue weighted by atomic mass is 10.2. The molecule has 13 heteroatoms. The number of piperazine rings is 1. The van der Waals surface area contributed by atoms with Gasteiger partial charge in [-0.05, 0) is 45.0 Å². The summed E-state index contributed by atoms with van der Waals surface area (Å²) in [4.78, 5) is 19.7. The van der Waals surface area contributed by atoms with Crippen molar-refractivity contribution < 1.29 is 21.6 Å². The van der Waals surface area contributed by atoms with Crippen molar-refractivity contribution in [3.63, 3.8) is 0 Å². The molecule has 1 atom stereocenters. The first kappa shape index (κ1) is 23.8. The zero-order chi connectivity index (χ0) is 23.0. The van der Waals surface area contributed by atoms with E-state index in [1.807, 2.05) is 18.7 Å². The second-order valence-corrected chi connectivity index (χ2v) is 12.0. The van der Waals surface area contributed by atoms with Crippen LogP contribution in [-0.2, 0) is 24.8 Å². The molecule has 0 radical (unpaired) electrons. The Labute approximate surface area is 186 Å². The summed E-state index contributed by atoms with van der Waals surface area (Å²) < 4.78 is 49.8. The molecule has 1 amide bonds. The molecule has 1 fully saturated rings. The molecule has 1 aromatic carbocycles. The molecule has 1 aliphatic rings. The molecular weight excluding hydrogens is 462 g/mol. The summed E-state index contributed by atoms with van der Waals surface area (Å²) in [5.74, 6) is -0.191. The van der Waals surface area contributed by atoms with E-state index < -0.39 is 26.1 Å². The average Bonchev–Trinajstić information content (AvgIpc) is 3.03. The maximum absolute atomic E-state index is 12.9. The van der Waals surface area contributed by atoms with Gasteiger partial charge in [-0.25, -0.2) is 27.0 Å². The topological polar surface area (TPSA) is 143 Å². The van der Waals surface area contributed by atoms with Gasteiger partial charge in [-0.3, -0.25) is 9.69 Å². The Morgan fingerprint density at radius 2 is 1.61 bits per heavy atom. The van der Waals surface area contributed by atoms with Crippen LogP contribution in [0.3, 0.4) is 0 Å². The van der Waals surface area contributed by atoms with Gasteiger partial charge in [0.1, 0.15) is 0 Å². The van der Waals surface area contributed by atoms with Gasteiger partial charge in [0.05, 0.1) is 21.5 Å². The fraction of sp³-hybridized carbons (Fsp3) is 0.444. The van der Waals surface area contributed by atoms with E-state index in [4.69, 9.17) is 5.14 Å². The van der Waals surface area contributed by atoms with E-state index in [2.05, 4.69) is 10.3 Å². The summed E-state index contributed by atoms with van der Waals surface area (Å²) in [6.07, 6.45) is 0. The number of nitrogens with one attached hydrogen (secondary N) is 1. The first-order chi connectivity index (χ1) is 14.4. The predicted molar refractivity (Wildman–Crippen MR) is 118 cm³/mol. The zero-order valence-corrected chi connectivity index (χ0v) is 19.8. The quantitative estimate of drug-likeness (QED) is 0.612. The number of carbonyl (C=O) groups excluding carboxylic acids is 1. The predicted octanol–water partition coefficient (Wildman–Crippen LogP) is 0.741. The van der Waals surface area contributed by atoms with E-state index in [0.717, 1.165) is 10.6 Å². The summed E-state index contributed by atoms with van der Waals surface area (Å²) in [6.45, 7) is 6.80.